The molecule has 2 aliphatic rings. The molecule has 4 atom stereocenters. The van der Waals surface area contributed by atoms with Gasteiger partial charge in [-0.1, -0.05) is 32.3 Å². The highest BCUT2D eigenvalue weighted by Crippen LogP contribution is 2.53. The summed E-state index contributed by atoms with van der Waals surface area (Å²) in [5, 5.41) is 27.3. The summed E-state index contributed by atoms with van der Waals surface area (Å²) in [6.45, 7) is 4.52. The average Bonchev–Trinajstić information content (AvgIpc) is 2.96. The molecule has 1 unspecified atom stereocenters. The van der Waals surface area contributed by atoms with Crippen LogP contribution < -0.4 is 0 Å². The van der Waals surface area contributed by atoms with Gasteiger partial charge in [0.25, 0.3) is 0 Å². The first-order chi connectivity index (χ1) is 9.93. The van der Waals surface area contributed by atoms with Gasteiger partial charge >= 0.3 is 13.1 Å². The summed E-state index contributed by atoms with van der Waals surface area (Å²) in [6, 6.07) is 0. The lowest BCUT2D eigenvalue weighted by atomic mass is 9.81. The van der Waals surface area contributed by atoms with Crippen molar-refractivity contribution >= 4 is 13.1 Å². The quantitative estimate of drug-likeness (QED) is 0.631. The van der Waals surface area contributed by atoms with Crippen LogP contribution in [-0.4, -0.2) is 28.2 Å². The van der Waals surface area contributed by atoms with Gasteiger partial charge in [0.15, 0.2) is 0 Å². The topological polar surface area (TPSA) is 77.8 Å². The average molecular weight is 294 g/mol. The molecule has 0 heterocycles. The number of hydrogen-bond donors (Lipinski definition) is 3. The third kappa shape index (κ3) is 3.69. The van der Waals surface area contributed by atoms with Crippen molar-refractivity contribution in [3.8, 4) is 0 Å². The Bertz CT molecular complexity index is 419. The largest absolute Gasteiger partial charge is 0.478 e. The van der Waals surface area contributed by atoms with E-state index in [1.165, 1.54) is 6.42 Å². The Morgan fingerprint density at radius 1 is 1.38 bits per heavy atom. The van der Waals surface area contributed by atoms with E-state index in [-0.39, 0.29) is 0 Å². The van der Waals surface area contributed by atoms with Gasteiger partial charge in [0, 0.05) is 5.57 Å². The van der Waals surface area contributed by atoms with Gasteiger partial charge in [-0.3, -0.25) is 0 Å². The highest BCUT2D eigenvalue weighted by Gasteiger charge is 2.44. The maximum absolute atomic E-state index is 11.5. The molecule has 118 valence electrons. The van der Waals surface area contributed by atoms with Crippen molar-refractivity contribution in [1.29, 1.82) is 0 Å². The zero-order valence-electron chi connectivity index (χ0n) is 13.1. The minimum Gasteiger partial charge on any atom is -0.478 e. The molecule has 0 radical (unpaired) electrons. The van der Waals surface area contributed by atoms with Crippen molar-refractivity contribution in [2.45, 2.75) is 58.7 Å². The molecule has 0 aromatic carbocycles. The molecule has 1 fully saturated rings. The Hall–Kier alpha value is -0.805. The van der Waals surface area contributed by atoms with Crippen LogP contribution in [0, 0.1) is 23.7 Å². The van der Waals surface area contributed by atoms with Crippen LogP contribution in [0.1, 0.15) is 52.4 Å². The Morgan fingerprint density at radius 2 is 2.10 bits per heavy atom. The van der Waals surface area contributed by atoms with E-state index in [4.69, 9.17) is 10.0 Å². The second-order valence-electron chi connectivity index (χ2n) is 6.87. The van der Waals surface area contributed by atoms with E-state index in [0.29, 0.717) is 48.9 Å². The van der Waals surface area contributed by atoms with Gasteiger partial charge in [0.05, 0.1) is 0 Å². The Morgan fingerprint density at radius 3 is 2.67 bits per heavy atom. The summed E-state index contributed by atoms with van der Waals surface area (Å²) in [5.41, 5.74) is 1.71. The predicted molar refractivity (Wildman–Crippen MR) is 82.7 cm³/mol. The standard InChI is InChI=1S/C16H27BO4/c1-3-10(2)11-7-12-9-15(16(18)19)13(14(12)8-11)5-4-6-17(20)21/h10-12,14,20-21H,3-9H2,1-2H3,(H,18,19)/t10?,11-,12+,14+/m0/s1. The molecule has 0 bridgehead atoms. The molecule has 0 amide bonds. The van der Waals surface area contributed by atoms with Crippen LogP contribution in [0.2, 0.25) is 6.32 Å². The van der Waals surface area contributed by atoms with E-state index in [1.807, 2.05) is 0 Å². The minimum absolute atomic E-state index is 0.322. The van der Waals surface area contributed by atoms with Crippen molar-refractivity contribution in [3.63, 3.8) is 0 Å². The Kier molecular flexibility index (Phi) is 5.50. The molecule has 0 aromatic rings. The zero-order chi connectivity index (χ0) is 15.6. The van der Waals surface area contributed by atoms with Crippen LogP contribution in [-0.2, 0) is 4.79 Å². The zero-order valence-corrected chi connectivity index (χ0v) is 13.1. The van der Waals surface area contributed by atoms with Crippen molar-refractivity contribution in [1.82, 2.24) is 0 Å². The number of hydrogen-bond acceptors (Lipinski definition) is 3. The highest BCUT2D eigenvalue weighted by molar-refractivity contribution is 6.40. The number of carboxylic acid groups (broad SMARTS) is 1. The molecule has 3 N–H and O–H groups in total. The molecule has 4 nitrogen and oxygen atoms in total. The highest BCUT2D eigenvalue weighted by atomic mass is 16.4. The fraction of sp³-hybridized carbons (Fsp3) is 0.812. The fourth-order valence-electron chi connectivity index (χ4n) is 4.27. The third-order valence-electron chi connectivity index (χ3n) is 5.65. The summed E-state index contributed by atoms with van der Waals surface area (Å²) in [7, 11) is -1.28. The second kappa shape index (κ2) is 6.97. The first-order valence-electron chi connectivity index (χ1n) is 8.25. The summed E-state index contributed by atoms with van der Waals surface area (Å²) >= 11 is 0. The Balaban J connectivity index is 2.06. The van der Waals surface area contributed by atoms with Gasteiger partial charge in [-0.2, -0.15) is 0 Å². The molecule has 0 spiro atoms. The van der Waals surface area contributed by atoms with Crippen LogP contribution in [0.15, 0.2) is 11.1 Å². The number of carbonyl (C=O) groups is 1. The normalized spacial score (nSPS) is 29.6. The van der Waals surface area contributed by atoms with E-state index < -0.39 is 13.1 Å². The second-order valence-corrected chi connectivity index (χ2v) is 6.87. The Labute approximate surface area is 127 Å². The lowest BCUT2D eigenvalue weighted by Gasteiger charge is -2.19. The van der Waals surface area contributed by atoms with Gasteiger partial charge in [-0.25, -0.2) is 4.79 Å². The maximum atomic E-state index is 11.5. The first kappa shape index (κ1) is 16.6. The smallest absolute Gasteiger partial charge is 0.451 e. The van der Waals surface area contributed by atoms with E-state index in [9.17, 15) is 9.90 Å². The SMILES string of the molecule is CCC(C)[C@H]1C[C@@H]2CC(C(=O)O)=C(CCCB(O)O)[C@@H]2C1. The third-order valence-corrected chi connectivity index (χ3v) is 5.65. The van der Waals surface area contributed by atoms with Gasteiger partial charge in [0.1, 0.15) is 0 Å². The maximum Gasteiger partial charge on any atom is 0.451 e. The van der Waals surface area contributed by atoms with Crippen molar-refractivity contribution in [2.24, 2.45) is 23.7 Å². The molecule has 21 heavy (non-hydrogen) atoms. The van der Waals surface area contributed by atoms with Gasteiger partial charge in [0.2, 0.25) is 0 Å². The molecule has 0 aliphatic heterocycles. The monoisotopic (exact) mass is 294 g/mol. The fourth-order valence-corrected chi connectivity index (χ4v) is 4.27. The van der Waals surface area contributed by atoms with Crippen molar-refractivity contribution < 1.29 is 19.9 Å². The molecule has 5 heteroatoms. The van der Waals surface area contributed by atoms with E-state index >= 15 is 0 Å². The molecule has 2 aliphatic carbocycles. The van der Waals surface area contributed by atoms with E-state index in [2.05, 4.69) is 13.8 Å². The number of aliphatic carboxylic acids is 1. The summed E-state index contributed by atoms with van der Waals surface area (Å²) in [4.78, 5) is 11.5. The van der Waals surface area contributed by atoms with Crippen LogP contribution >= 0.6 is 0 Å². The molecule has 2 rings (SSSR count). The lowest BCUT2D eigenvalue weighted by molar-refractivity contribution is -0.132. The molecule has 1 saturated carbocycles. The van der Waals surface area contributed by atoms with Gasteiger partial charge in [-0.05, 0) is 55.7 Å². The minimum atomic E-state index is -1.28. The van der Waals surface area contributed by atoms with Crippen LogP contribution in [0.4, 0.5) is 0 Å². The molecule has 0 saturated heterocycles. The predicted octanol–water partition coefficient (Wildman–Crippen LogP) is 2.71. The van der Waals surface area contributed by atoms with Crippen LogP contribution in [0.25, 0.3) is 0 Å². The lowest BCUT2D eigenvalue weighted by Crippen LogP contribution is -2.12. The summed E-state index contributed by atoms with van der Waals surface area (Å²) in [6.07, 6.45) is 5.85. The molecular weight excluding hydrogens is 267 g/mol. The summed E-state index contributed by atoms with van der Waals surface area (Å²) in [5.74, 6) is 1.59. The number of carboxylic acids is 1. The number of fused-ring (bicyclic) bond motifs is 1. The van der Waals surface area contributed by atoms with Crippen molar-refractivity contribution in [2.75, 3.05) is 0 Å². The van der Waals surface area contributed by atoms with E-state index in [0.717, 1.165) is 24.3 Å². The van der Waals surface area contributed by atoms with E-state index in [1.54, 1.807) is 0 Å². The van der Waals surface area contributed by atoms with Crippen molar-refractivity contribution in [3.05, 3.63) is 11.1 Å². The molecular formula is C16H27BO4. The number of rotatable bonds is 7. The van der Waals surface area contributed by atoms with Gasteiger partial charge < -0.3 is 15.2 Å². The van der Waals surface area contributed by atoms with Crippen LogP contribution in [0.3, 0.4) is 0 Å². The molecule has 0 aromatic heterocycles. The van der Waals surface area contributed by atoms with Gasteiger partial charge in [-0.15, -0.1) is 0 Å². The number of allylic oxidation sites excluding steroid dienone is 1. The van der Waals surface area contributed by atoms with Crippen LogP contribution in [0.5, 0.6) is 0 Å². The summed E-state index contributed by atoms with van der Waals surface area (Å²) < 4.78 is 0. The first-order valence-corrected chi connectivity index (χ1v) is 8.25.